The molecule has 1 aromatic carbocycles. The number of ether oxygens (including phenoxy) is 1. The number of ketones is 1. The molecule has 1 aliphatic carbocycles. The summed E-state index contributed by atoms with van der Waals surface area (Å²) >= 11 is 0. The Bertz CT molecular complexity index is 555. The smallest absolute Gasteiger partial charge is 0.311 e. The average molecular weight is 291 g/mol. The lowest BCUT2D eigenvalue weighted by molar-refractivity contribution is -0.386. The van der Waals surface area contributed by atoms with Crippen LogP contribution in [-0.2, 0) is 0 Å². The summed E-state index contributed by atoms with van der Waals surface area (Å²) in [6, 6.07) is 4.42. The van der Waals surface area contributed by atoms with Gasteiger partial charge >= 0.3 is 5.69 Å². The quantitative estimate of drug-likeness (QED) is 0.477. The van der Waals surface area contributed by atoms with Crippen molar-refractivity contribution in [1.82, 2.24) is 0 Å². The van der Waals surface area contributed by atoms with Crippen molar-refractivity contribution in [2.45, 2.75) is 46.1 Å². The Kier molecular flexibility index (Phi) is 4.60. The molecule has 0 saturated heterocycles. The van der Waals surface area contributed by atoms with Crippen LogP contribution >= 0.6 is 0 Å². The number of Topliss-reactive ketones (excluding diaryl/α,β-unsaturated/α-hetero) is 1. The van der Waals surface area contributed by atoms with E-state index >= 15 is 0 Å². The number of carbonyl (C=O) groups is 1. The number of hydrogen-bond acceptors (Lipinski definition) is 4. The van der Waals surface area contributed by atoms with Crippen LogP contribution in [0.25, 0.3) is 0 Å². The van der Waals surface area contributed by atoms with E-state index < -0.39 is 4.92 Å². The minimum Gasteiger partial charge on any atom is -0.483 e. The first kappa shape index (κ1) is 15.5. The van der Waals surface area contributed by atoms with Crippen molar-refractivity contribution >= 4 is 11.5 Å². The first-order valence-electron chi connectivity index (χ1n) is 7.34. The lowest BCUT2D eigenvalue weighted by Crippen LogP contribution is -2.29. The summed E-state index contributed by atoms with van der Waals surface area (Å²) in [6.45, 7) is 5.81. The van der Waals surface area contributed by atoms with E-state index in [2.05, 4.69) is 13.8 Å². The SMILES string of the molecule is CC(=O)c1ccc(OC2CCC(C)C(C)C2)c([N+](=O)[O-])c1. The van der Waals surface area contributed by atoms with Gasteiger partial charge in [0.05, 0.1) is 11.0 Å². The van der Waals surface area contributed by atoms with Gasteiger partial charge in [0.1, 0.15) is 0 Å². The summed E-state index contributed by atoms with van der Waals surface area (Å²) in [4.78, 5) is 22.0. The molecule has 1 aliphatic rings. The standard InChI is InChI=1S/C16H21NO4/c1-10-4-6-14(8-11(10)2)21-16-7-5-13(12(3)18)9-15(16)17(19)20/h5,7,9-11,14H,4,6,8H2,1-3H3. The van der Waals surface area contributed by atoms with E-state index in [1.165, 1.54) is 19.1 Å². The molecule has 1 fully saturated rings. The molecule has 0 N–H and O–H groups in total. The van der Waals surface area contributed by atoms with Gasteiger partial charge in [0, 0.05) is 11.6 Å². The van der Waals surface area contributed by atoms with Crippen molar-refractivity contribution < 1.29 is 14.5 Å². The Labute approximate surface area is 124 Å². The summed E-state index contributed by atoms with van der Waals surface area (Å²) < 4.78 is 5.85. The minimum atomic E-state index is -0.489. The molecule has 1 saturated carbocycles. The van der Waals surface area contributed by atoms with Crippen LogP contribution in [-0.4, -0.2) is 16.8 Å². The van der Waals surface area contributed by atoms with E-state index in [0.29, 0.717) is 17.4 Å². The molecule has 0 aromatic heterocycles. The van der Waals surface area contributed by atoms with Gasteiger partial charge in [-0.1, -0.05) is 13.8 Å². The molecular weight excluding hydrogens is 270 g/mol. The van der Waals surface area contributed by atoms with Crippen molar-refractivity contribution in [3.8, 4) is 5.75 Å². The van der Waals surface area contributed by atoms with Crippen molar-refractivity contribution in [3.05, 3.63) is 33.9 Å². The molecule has 114 valence electrons. The summed E-state index contributed by atoms with van der Waals surface area (Å²) in [5.74, 6) is 1.29. The minimum absolute atomic E-state index is 0.0121. The lowest BCUT2D eigenvalue weighted by atomic mass is 9.80. The molecule has 3 atom stereocenters. The third-order valence-electron chi connectivity index (χ3n) is 4.41. The Hall–Kier alpha value is -1.91. The molecule has 2 rings (SSSR count). The second-order valence-electron chi connectivity index (χ2n) is 6.00. The van der Waals surface area contributed by atoms with Gasteiger partial charge in [0.15, 0.2) is 11.5 Å². The van der Waals surface area contributed by atoms with Crippen LogP contribution in [0.2, 0.25) is 0 Å². The zero-order valence-corrected chi connectivity index (χ0v) is 12.7. The zero-order chi connectivity index (χ0) is 15.6. The number of nitro benzene ring substituents is 1. The van der Waals surface area contributed by atoms with Crippen LogP contribution in [0.5, 0.6) is 5.75 Å². The number of carbonyl (C=O) groups excluding carboxylic acids is 1. The van der Waals surface area contributed by atoms with Crippen molar-refractivity contribution in [2.24, 2.45) is 11.8 Å². The number of rotatable bonds is 4. The predicted molar refractivity (Wildman–Crippen MR) is 79.7 cm³/mol. The molecule has 0 heterocycles. The summed E-state index contributed by atoms with van der Waals surface area (Å²) in [5, 5.41) is 11.2. The first-order valence-corrected chi connectivity index (χ1v) is 7.34. The fourth-order valence-electron chi connectivity index (χ4n) is 2.76. The van der Waals surface area contributed by atoms with E-state index in [0.717, 1.165) is 19.3 Å². The normalized spacial score (nSPS) is 25.4. The van der Waals surface area contributed by atoms with Crippen LogP contribution in [0.3, 0.4) is 0 Å². The van der Waals surface area contributed by atoms with Crippen LogP contribution in [0.1, 0.15) is 50.4 Å². The Morgan fingerprint density at radius 1 is 1.29 bits per heavy atom. The molecule has 3 unspecified atom stereocenters. The maximum Gasteiger partial charge on any atom is 0.311 e. The average Bonchev–Trinajstić information content (AvgIpc) is 2.43. The highest BCUT2D eigenvalue weighted by Crippen LogP contribution is 2.35. The molecule has 0 bridgehead atoms. The molecule has 0 aliphatic heterocycles. The van der Waals surface area contributed by atoms with E-state index in [4.69, 9.17) is 4.74 Å². The lowest BCUT2D eigenvalue weighted by Gasteiger charge is -2.32. The number of benzene rings is 1. The molecule has 21 heavy (non-hydrogen) atoms. The monoisotopic (exact) mass is 291 g/mol. The highest BCUT2D eigenvalue weighted by Gasteiger charge is 2.28. The highest BCUT2D eigenvalue weighted by molar-refractivity contribution is 5.95. The summed E-state index contributed by atoms with van der Waals surface area (Å²) in [5.41, 5.74) is 0.202. The van der Waals surface area contributed by atoms with E-state index in [9.17, 15) is 14.9 Å². The van der Waals surface area contributed by atoms with Crippen LogP contribution in [0, 0.1) is 22.0 Å². The fraction of sp³-hybridized carbons (Fsp3) is 0.562. The van der Waals surface area contributed by atoms with Gasteiger partial charge in [-0.3, -0.25) is 14.9 Å². The maximum absolute atomic E-state index is 11.3. The number of nitro groups is 1. The third kappa shape index (κ3) is 3.60. The second-order valence-corrected chi connectivity index (χ2v) is 6.00. The predicted octanol–water partition coefficient (Wildman–Crippen LogP) is 4.00. The molecular formula is C16H21NO4. The largest absolute Gasteiger partial charge is 0.483 e. The number of hydrogen-bond donors (Lipinski definition) is 0. The molecule has 1 aromatic rings. The van der Waals surface area contributed by atoms with E-state index in [-0.39, 0.29) is 23.3 Å². The van der Waals surface area contributed by atoms with Gasteiger partial charge < -0.3 is 4.74 Å². The summed E-state index contributed by atoms with van der Waals surface area (Å²) in [7, 11) is 0. The molecule has 5 heteroatoms. The van der Waals surface area contributed by atoms with Crippen molar-refractivity contribution in [1.29, 1.82) is 0 Å². The zero-order valence-electron chi connectivity index (χ0n) is 12.7. The van der Waals surface area contributed by atoms with Crippen molar-refractivity contribution in [2.75, 3.05) is 0 Å². The van der Waals surface area contributed by atoms with Gasteiger partial charge in [-0.05, 0) is 50.2 Å². The van der Waals surface area contributed by atoms with Crippen LogP contribution < -0.4 is 4.74 Å². The second kappa shape index (κ2) is 6.24. The molecule has 0 radical (unpaired) electrons. The Balaban J connectivity index is 2.19. The van der Waals surface area contributed by atoms with Gasteiger partial charge in [-0.25, -0.2) is 0 Å². The highest BCUT2D eigenvalue weighted by atomic mass is 16.6. The Morgan fingerprint density at radius 2 is 2.00 bits per heavy atom. The topological polar surface area (TPSA) is 69.4 Å². The summed E-state index contributed by atoms with van der Waals surface area (Å²) in [6.07, 6.45) is 2.91. The van der Waals surface area contributed by atoms with Gasteiger partial charge in [-0.15, -0.1) is 0 Å². The fourth-order valence-corrected chi connectivity index (χ4v) is 2.76. The van der Waals surface area contributed by atoms with Crippen molar-refractivity contribution in [3.63, 3.8) is 0 Å². The number of nitrogens with zero attached hydrogens (tertiary/aromatic N) is 1. The Morgan fingerprint density at radius 3 is 2.57 bits per heavy atom. The van der Waals surface area contributed by atoms with Gasteiger partial charge in [0.25, 0.3) is 0 Å². The van der Waals surface area contributed by atoms with E-state index in [1.54, 1.807) is 6.07 Å². The van der Waals surface area contributed by atoms with Gasteiger partial charge in [0.2, 0.25) is 0 Å². The molecule has 5 nitrogen and oxygen atoms in total. The molecule has 0 amide bonds. The maximum atomic E-state index is 11.3. The first-order chi connectivity index (χ1) is 9.88. The third-order valence-corrected chi connectivity index (χ3v) is 4.41. The molecule has 0 spiro atoms. The van der Waals surface area contributed by atoms with Gasteiger partial charge in [-0.2, -0.15) is 0 Å². The van der Waals surface area contributed by atoms with Crippen LogP contribution in [0.15, 0.2) is 18.2 Å². The van der Waals surface area contributed by atoms with E-state index in [1.807, 2.05) is 0 Å². The van der Waals surface area contributed by atoms with Crippen LogP contribution in [0.4, 0.5) is 5.69 Å².